The molecule has 7 nitrogen and oxygen atoms in total. The van der Waals surface area contributed by atoms with E-state index in [1.54, 1.807) is 21.3 Å². The van der Waals surface area contributed by atoms with E-state index in [9.17, 15) is 4.79 Å². The molecule has 0 spiro atoms. The van der Waals surface area contributed by atoms with Crippen LogP contribution in [-0.4, -0.2) is 51.4 Å². The third-order valence-electron chi connectivity index (χ3n) is 4.93. The standard InChI is InChI=1S/C22H35N3O4.2ClH/c1-21(2)13-16(22(3,4)25-21)20(26)24-10-8-9-23-14-15-11-17(27-5)19(29-7)18(12-15)28-6;;/h11-13,23,25H,8-10,14H2,1-7H3,(H,24,26);2*1H. The van der Waals surface area contributed by atoms with Gasteiger partial charge in [0.15, 0.2) is 11.5 Å². The van der Waals surface area contributed by atoms with Gasteiger partial charge in [-0.2, -0.15) is 0 Å². The van der Waals surface area contributed by atoms with Gasteiger partial charge < -0.3 is 24.8 Å². The zero-order valence-corrected chi connectivity index (χ0v) is 21.1. The second kappa shape index (κ2) is 12.4. The van der Waals surface area contributed by atoms with Crippen molar-refractivity contribution in [3.63, 3.8) is 0 Å². The van der Waals surface area contributed by atoms with Crippen LogP contribution in [-0.2, 0) is 11.3 Å². The molecule has 0 fully saturated rings. The van der Waals surface area contributed by atoms with Crippen LogP contribution in [0.25, 0.3) is 0 Å². The van der Waals surface area contributed by atoms with E-state index in [0.717, 1.165) is 24.1 Å². The Labute approximate surface area is 198 Å². The average Bonchev–Trinajstić information content (AvgIpc) is 2.90. The second-order valence-corrected chi connectivity index (χ2v) is 8.35. The Bertz CT molecular complexity index is 742. The molecular formula is C22H37Cl2N3O4. The number of carbonyl (C=O) groups excluding carboxylic acids is 1. The molecule has 0 bridgehead atoms. The number of rotatable bonds is 10. The van der Waals surface area contributed by atoms with Crippen LogP contribution in [0.5, 0.6) is 17.2 Å². The first kappa shape index (κ1) is 29.3. The van der Waals surface area contributed by atoms with E-state index in [1.807, 2.05) is 32.1 Å². The lowest BCUT2D eigenvalue weighted by Gasteiger charge is -2.27. The van der Waals surface area contributed by atoms with Gasteiger partial charge in [0.1, 0.15) is 0 Å². The summed E-state index contributed by atoms with van der Waals surface area (Å²) in [5, 5.41) is 9.87. The molecule has 31 heavy (non-hydrogen) atoms. The van der Waals surface area contributed by atoms with Gasteiger partial charge in [-0.1, -0.05) is 6.08 Å². The summed E-state index contributed by atoms with van der Waals surface area (Å²) >= 11 is 0. The third kappa shape index (κ3) is 7.75. The summed E-state index contributed by atoms with van der Waals surface area (Å²) in [5.74, 6) is 1.86. The Balaban J connectivity index is 0.00000450. The van der Waals surface area contributed by atoms with Gasteiger partial charge in [0.2, 0.25) is 11.7 Å². The topological polar surface area (TPSA) is 80.9 Å². The minimum absolute atomic E-state index is 0. The van der Waals surface area contributed by atoms with Gasteiger partial charge in [-0.3, -0.25) is 10.1 Å². The molecule has 0 radical (unpaired) electrons. The molecular weight excluding hydrogens is 441 g/mol. The number of ether oxygens (including phenoxy) is 3. The minimum Gasteiger partial charge on any atom is -0.493 e. The van der Waals surface area contributed by atoms with Gasteiger partial charge in [-0.15, -0.1) is 24.8 Å². The van der Waals surface area contributed by atoms with E-state index in [-0.39, 0.29) is 41.8 Å². The normalized spacial score (nSPS) is 15.8. The maximum atomic E-state index is 12.5. The summed E-state index contributed by atoms with van der Waals surface area (Å²) in [6.45, 7) is 10.3. The Kier molecular flexibility index (Phi) is 11.7. The van der Waals surface area contributed by atoms with Crippen LogP contribution in [0.1, 0.15) is 39.7 Å². The minimum atomic E-state index is -0.321. The lowest BCUT2D eigenvalue weighted by atomic mass is 9.96. The van der Waals surface area contributed by atoms with Crippen LogP contribution in [0.4, 0.5) is 0 Å². The number of nitrogens with one attached hydrogen (secondary N) is 3. The van der Waals surface area contributed by atoms with Gasteiger partial charge in [0, 0.05) is 29.7 Å². The van der Waals surface area contributed by atoms with Crippen LogP contribution in [0.15, 0.2) is 23.8 Å². The van der Waals surface area contributed by atoms with E-state index < -0.39 is 0 Å². The molecule has 1 amide bonds. The molecule has 2 rings (SSSR count). The predicted octanol–water partition coefficient (Wildman–Crippen LogP) is 3.24. The Hall–Kier alpha value is -1.67. The molecule has 9 heteroatoms. The highest BCUT2D eigenvalue weighted by molar-refractivity contribution is 5.96. The largest absolute Gasteiger partial charge is 0.493 e. The van der Waals surface area contributed by atoms with Crippen molar-refractivity contribution in [3.8, 4) is 17.2 Å². The van der Waals surface area contributed by atoms with Crippen LogP contribution in [0, 0.1) is 0 Å². The third-order valence-corrected chi connectivity index (χ3v) is 4.93. The molecule has 1 aromatic rings. The summed E-state index contributed by atoms with van der Waals surface area (Å²) in [5.41, 5.74) is 1.35. The molecule has 0 aliphatic carbocycles. The fourth-order valence-electron chi connectivity index (χ4n) is 3.78. The fraction of sp³-hybridized carbons (Fsp3) is 0.591. The number of methoxy groups -OCH3 is 3. The number of carbonyl (C=O) groups is 1. The number of halogens is 2. The van der Waals surface area contributed by atoms with Gasteiger partial charge in [0.25, 0.3) is 0 Å². The first-order chi connectivity index (χ1) is 13.6. The molecule has 0 unspecified atom stereocenters. The molecule has 178 valence electrons. The highest BCUT2D eigenvalue weighted by Crippen LogP contribution is 2.38. The summed E-state index contributed by atoms with van der Waals surface area (Å²) in [6, 6.07) is 3.86. The Morgan fingerprint density at radius 2 is 1.55 bits per heavy atom. The lowest BCUT2D eigenvalue weighted by Crippen LogP contribution is -2.47. The molecule has 0 atom stereocenters. The van der Waals surface area contributed by atoms with Crippen LogP contribution in [0.2, 0.25) is 0 Å². The van der Waals surface area contributed by atoms with Crippen molar-refractivity contribution in [1.82, 2.24) is 16.0 Å². The molecule has 0 saturated heterocycles. The number of amides is 1. The second-order valence-electron chi connectivity index (χ2n) is 8.35. The SMILES string of the molecule is COc1cc(CNCCCNC(=O)C2=CC(C)(C)NC2(C)C)cc(OC)c1OC.Cl.Cl. The van der Waals surface area contributed by atoms with E-state index >= 15 is 0 Å². The fourth-order valence-corrected chi connectivity index (χ4v) is 3.78. The number of benzene rings is 1. The van der Waals surface area contributed by atoms with Crippen molar-refractivity contribution in [3.05, 3.63) is 29.3 Å². The summed E-state index contributed by atoms with van der Waals surface area (Å²) in [6.07, 6.45) is 2.85. The monoisotopic (exact) mass is 477 g/mol. The zero-order chi connectivity index (χ0) is 21.7. The molecule has 1 heterocycles. The first-order valence-corrected chi connectivity index (χ1v) is 9.94. The number of hydrogen-bond acceptors (Lipinski definition) is 6. The average molecular weight is 478 g/mol. The van der Waals surface area contributed by atoms with Crippen molar-refractivity contribution >= 4 is 30.7 Å². The Morgan fingerprint density at radius 3 is 2.00 bits per heavy atom. The van der Waals surface area contributed by atoms with Gasteiger partial charge in [0.05, 0.1) is 21.3 Å². The van der Waals surface area contributed by atoms with Gasteiger partial charge >= 0.3 is 0 Å². The quantitative estimate of drug-likeness (QED) is 0.448. The number of hydrogen-bond donors (Lipinski definition) is 3. The summed E-state index contributed by atoms with van der Waals surface area (Å²) in [4.78, 5) is 12.5. The van der Waals surface area contributed by atoms with Crippen molar-refractivity contribution in [2.24, 2.45) is 0 Å². The molecule has 1 aromatic carbocycles. The lowest BCUT2D eigenvalue weighted by molar-refractivity contribution is -0.118. The smallest absolute Gasteiger partial charge is 0.248 e. The molecule has 0 saturated carbocycles. The Morgan fingerprint density at radius 1 is 0.968 bits per heavy atom. The predicted molar refractivity (Wildman–Crippen MR) is 129 cm³/mol. The molecule has 3 N–H and O–H groups in total. The molecule has 0 aromatic heterocycles. The van der Waals surface area contributed by atoms with E-state index in [2.05, 4.69) is 29.8 Å². The van der Waals surface area contributed by atoms with Crippen molar-refractivity contribution < 1.29 is 19.0 Å². The van der Waals surface area contributed by atoms with Crippen LogP contribution in [0.3, 0.4) is 0 Å². The van der Waals surface area contributed by atoms with Gasteiger partial charge in [-0.05, 0) is 58.4 Å². The first-order valence-electron chi connectivity index (χ1n) is 9.94. The van der Waals surface area contributed by atoms with Crippen molar-refractivity contribution in [1.29, 1.82) is 0 Å². The maximum absolute atomic E-state index is 12.5. The highest BCUT2D eigenvalue weighted by atomic mass is 35.5. The summed E-state index contributed by atoms with van der Waals surface area (Å²) in [7, 11) is 4.80. The van der Waals surface area contributed by atoms with Gasteiger partial charge in [-0.25, -0.2) is 0 Å². The maximum Gasteiger partial charge on any atom is 0.248 e. The van der Waals surface area contributed by atoms with Crippen LogP contribution >= 0.6 is 24.8 Å². The van der Waals surface area contributed by atoms with Crippen molar-refractivity contribution in [2.45, 2.75) is 51.7 Å². The van der Waals surface area contributed by atoms with Crippen molar-refractivity contribution in [2.75, 3.05) is 34.4 Å². The molecule has 1 aliphatic heterocycles. The summed E-state index contributed by atoms with van der Waals surface area (Å²) < 4.78 is 16.1. The van der Waals surface area contributed by atoms with E-state index in [4.69, 9.17) is 14.2 Å². The highest BCUT2D eigenvalue weighted by Gasteiger charge is 2.39. The zero-order valence-electron chi connectivity index (χ0n) is 19.5. The van der Waals surface area contributed by atoms with E-state index in [0.29, 0.717) is 30.3 Å². The van der Waals surface area contributed by atoms with E-state index in [1.165, 1.54) is 0 Å². The molecule has 1 aliphatic rings. The van der Waals surface area contributed by atoms with Crippen LogP contribution < -0.4 is 30.2 Å².